The Balaban J connectivity index is 3.48. The third-order valence-electron chi connectivity index (χ3n) is 1.52. The lowest BCUT2D eigenvalue weighted by Gasteiger charge is -2.27. The Labute approximate surface area is 77.6 Å². The Morgan fingerprint density at radius 1 is 0.786 bits per heavy atom. The first kappa shape index (κ1) is 11.4. The molecule has 0 aromatic heterocycles. The van der Waals surface area contributed by atoms with E-state index in [-0.39, 0.29) is 0 Å². The third kappa shape index (κ3) is 1.14. The molecule has 0 N–H and O–H groups in total. The molecule has 0 bridgehead atoms. The highest BCUT2D eigenvalue weighted by atomic mass is 35.5. The average molecular weight is 241 g/mol. The quantitative estimate of drug-likeness (QED) is 0.564. The summed E-state index contributed by atoms with van der Waals surface area (Å²) in [6.07, 6.45) is 0. The maximum Gasteiger partial charge on any atom is 0.369 e. The first-order valence-corrected chi connectivity index (χ1v) is 3.39. The molecular formula is C6ClF7. The van der Waals surface area contributed by atoms with Crippen LogP contribution in [-0.2, 0) is 0 Å². The van der Waals surface area contributed by atoms with Gasteiger partial charge < -0.3 is 0 Å². The molecule has 80 valence electrons. The van der Waals surface area contributed by atoms with Gasteiger partial charge in [-0.15, -0.1) is 0 Å². The molecule has 0 fully saturated rings. The highest BCUT2D eigenvalue weighted by Gasteiger charge is 2.67. The Morgan fingerprint density at radius 3 is 1.64 bits per heavy atom. The monoisotopic (exact) mass is 240 g/mol. The van der Waals surface area contributed by atoms with Gasteiger partial charge in [-0.25, -0.2) is 13.2 Å². The second-order valence-corrected chi connectivity index (χ2v) is 2.78. The van der Waals surface area contributed by atoms with Gasteiger partial charge in [-0.2, -0.15) is 17.6 Å². The summed E-state index contributed by atoms with van der Waals surface area (Å²) in [7, 11) is 0. The molecule has 1 aliphatic carbocycles. The molecule has 0 unspecified atom stereocenters. The van der Waals surface area contributed by atoms with Crippen molar-refractivity contribution in [2.45, 2.75) is 11.8 Å². The van der Waals surface area contributed by atoms with E-state index in [1.165, 1.54) is 0 Å². The molecule has 0 atom stereocenters. The van der Waals surface area contributed by atoms with Crippen molar-refractivity contribution in [3.63, 3.8) is 0 Å². The molecule has 0 radical (unpaired) electrons. The Hall–Kier alpha value is -0.720. The number of alkyl halides is 4. The van der Waals surface area contributed by atoms with Crippen molar-refractivity contribution in [1.29, 1.82) is 0 Å². The van der Waals surface area contributed by atoms with Crippen molar-refractivity contribution in [2.75, 3.05) is 0 Å². The van der Waals surface area contributed by atoms with Gasteiger partial charge in [0.15, 0.2) is 11.7 Å². The van der Waals surface area contributed by atoms with E-state index in [0.29, 0.717) is 0 Å². The molecule has 0 aromatic carbocycles. The van der Waals surface area contributed by atoms with Crippen molar-refractivity contribution >= 4 is 11.6 Å². The lowest BCUT2D eigenvalue weighted by molar-refractivity contribution is -0.172. The summed E-state index contributed by atoms with van der Waals surface area (Å²) in [4.78, 5) is 0. The fourth-order valence-corrected chi connectivity index (χ4v) is 0.946. The van der Waals surface area contributed by atoms with E-state index in [1.807, 2.05) is 0 Å². The topological polar surface area (TPSA) is 0 Å². The molecule has 0 amide bonds. The molecule has 0 aromatic rings. The lowest BCUT2D eigenvalue weighted by Crippen LogP contribution is -2.44. The molecule has 1 rings (SSSR count). The first-order chi connectivity index (χ1) is 6.14. The van der Waals surface area contributed by atoms with Crippen molar-refractivity contribution in [3.05, 3.63) is 22.5 Å². The second-order valence-electron chi connectivity index (χ2n) is 2.40. The van der Waals surface area contributed by atoms with Crippen LogP contribution < -0.4 is 0 Å². The van der Waals surface area contributed by atoms with E-state index in [1.54, 1.807) is 0 Å². The summed E-state index contributed by atoms with van der Waals surface area (Å²) >= 11 is 4.44. The molecule has 1 aliphatic rings. The van der Waals surface area contributed by atoms with Crippen LogP contribution in [-0.4, -0.2) is 11.8 Å². The Morgan fingerprint density at radius 2 is 1.21 bits per heavy atom. The molecule has 14 heavy (non-hydrogen) atoms. The van der Waals surface area contributed by atoms with Crippen LogP contribution in [0.2, 0.25) is 0 Å². The summed E-state index contributed by atoms with van der Waals surface area (Å²) in [5.74, 6) is -19.1. The fourth-order valence-electron chi connectivity index (χ4n) is 0.744. The molecule has 0 nitrogen and oxygen atoms in total. The minimum absolute atomic E-state index is 2.35. The van der Waals surface area contributed by atoms with Gasteiger partial charge in [0.2, 0.25) is 5.83 Å². The van der Waals surface area contributed by atoms with Gasteiger partial charge in [0.05, 0.1) is 0 Å². The molecular weight excluding hydrogens is 241 g/mol. The van der Waals surface area contributed by atoms with Crippen molar-refractivity contribution in [1.82, 2.24) is 0 Å². The lowest BCUT2D eigenvalue weighted by atomic mass is 10.0. The number of halogens is 8. The van der Waals surface area contributed by atoms with Gasteiger partial charge in [0.1, 0.15) is 5.03 Å². The van der Waals surface area contributed by atoms with Crippen LogP contribution in [0.5, 0.6) is 0 Å². The highest BCUT2D eigenvalue weighted by Crippen LogP contribution is 2.53. The fraction of sp³-hybridized carbons (Fsp3) is 0.333. The number of allylic oxidation sites excluding steroid dienone is 4. The van der Waals surface area contributed by atoms with Crippen molar-refractivity contribution in [3.8, 4) is 0 Å². The predicted molar refractivity (Wildman–Crippen MR) is 33.1 cm³/mol. The van der Waals surface area contributed by atoms with Crippen LogP contribution in [0.3, 0.4) is 0 Å². The van der Waals surface area contributed by atoms with Crippen LogP contribution in [0.4, 0.5) is 30.7 Å². The average Bonchev–Trinajstić information content (AvgIpc) is 2.10. The zero-order valence-electron chi connectivity index (χ0n) is 6.02. The summed E-state index contributed by atoms with van der Waals surface area (Å²) < 4.78 is 86.3. The number of hydrogen-bond acceptors (Lipinski definition) is 0. The summed E-state index contributed by atoms with van der Waals surface area (Å²) in [5, 5.41) is -2.35. The first-order valence-electron chi connectivity index (χ1n) is 3.01. The number of rotatable bonds is 0. The summed E-state index contributed by atoms with van der Waals surface area (Å²) in [6.45, 7) is 0. The minimum Gasteiger partial charge on any atom is -0.202 e. The van der Waals surface area contributed by atoms with Crippen LogP contribution in [0.1, 0.15) is 0 Å². The normalized spacial score (nSPS) is 25.7. The summed E-state index contributed by atoms with van der Waals surface area (Å²) in [6, 6.07) is 0. The van der Waals surface area contributed by atoms with E-state index in [4.69, 9.17) is 0 Å². The van der Waals surface area contributed by atoms with E-state index in [9.17, 15) is 30.7 Å². The molecule has 0 saturated carbocycles. The molecule has 0 spiro atoms. The maximum absolute atomic E-state index is 12.4. The van der Waals surface area contributed by atoms with Crippen LogP contribution in [0, 0.1) is 0 Å². The van der Waals surface area contributed by atoms with Crippen LogP contribution in [0.25, 0.3) is 0 Å². The van der Waals surface area contributed by atoms with Gasteiger partial charge in [-0.05, 0) is 0 Å². The Bertz CT molecular complexity index is 306. The van der Waals surface area contributed by atoms with E-state index >= 15 is 0 Å². The third-order valence-corrected chi connectivity index (χ3v) is 1.93. The highest BCUT2D eigenvalue weighted by molar-refractivity contribution is 6.31. The van der Waals surface area contributed by atoms with Gasteiger partial charge in [0.25, 0.3) is 0 Å². The molecule has 8 heteroatoms. The standard InChI is InChI=1S/C6ClF7/c7-3-1(8)2(9)4(10)6(13,14)5(3,11)12. The zero-order valence-corrected chi connectivity index (χ0v) is 6.78. The van der Waals surface area contributed by atoms with Gasteiger partial charge >= 0.3 is 11.8 Å². The minimum atomic E-state index is -5.47. The van der Waals surface area contributed by atoms with Gasteiger partial charge in [-0.1, -0.05) is 11.6 Å². The van der Waals surface area contributed by atoms with Gasteiger partial charge in [-0.3, -0.25) is 0 Å². The molecule has 0 saturated heterocycles. The van der Waals surface area contributed by atoms with E-state index in [0.717, 1.165) is 0 Å². The summed E-state index contributed by atoms with van der Waals surface area (Å²) in [5.41, 5.74) is 0. The van der Waals surface area contributed by atoms with Gasteiger partial charge in [0, 0.05) is 0 Å². The van der Waals surface area contributed by atoms with E-state index in [2.05, 4.69) is 11.6 Å². The SMILES string of the molecule is FC1=C(F)C(F)(F)C(F)(F)C(Cl)=C1F. The largest absolute Gasteiger partial charge is 0.369 e. The number of hydrogen-bond donors (Lipinski definition) is 0. The Kier molecular flexibility index (Phi) is 2.34. The predicted octanol–water partition coefficient (Wildman–Crippen LogP) is 3.84. The maximum atomic E-state index is 12.4. The van der Waals surface area contributed by atoms with Crippen LogP contribution >= 0.6 is 11.6 Å². The molecule has 0 heterocycles. The van der Waals surface area contributed by atoms with E-state index < -0.39 is 34.4 Å². The molecule has 0 aliphatic heterocycles. The smallest absolute Gasteiger partial charge is 0.202 e. The zero-order chi connectivity index (χ0) is 11.3. The second kappa shape index (κ2) is 2.88. The van der Waals surface area contributed by atoms with Crippen molar-refractivity contribution < 1.29 is 30.7 Å². The van der Waals surface area contributed by atoms with Crippen molar-refractivity contribution in [2.24, 2.45) is 0 Å². The van der Waals surface area contributed by atoms with Crippen LogP contribution in [0.15, 0.2) is 22.5 Å².